The smallest absolute Gasteiger partial charge is 0.295 e. The van der Waals surface area contributed by atoms with E-state index in [4.69, 9.17) is 16.3 Å². The number of amides is 1. The number of aliphatic hydroxyl groups excluding tert-OH is 1. The summed E-state index contributed by atoms with van der Waals surface area (Å²) in [4.78, 5) is 27.3. The van der Waals surface area contributed by atoms with Crippen LogP contribution < -0.4 is 0 Å². The number of nitrogens with zero attached hydrogens (tertiary/aromatic N) is 1. The summed E-state index contributed by atoms with van der Waals surface area (Å²) >= 11 is 6.02. The van der Waals surface area contributed by atoms with Gasteiger partial charge in [0.2, 0.25) is 0 Å². The molecule has 0 aliphatic carbocycles. The minimum Gasteiger partial charge on any atom is -0.507 e. The fraction of sp³-hybridized carbons (Fsp3) is 0.304. The van der Waals surface area contributed by atoms with Gasteiger partial charge in [0.15, 0.2) is 0 Å². The van der Waals surface area contributed by atoms with Crippen LogP contribution in [0.25, 0.3) is 5.76 Å². The van der Waals surface area contributed by atoms with Crippen molar-refractivity contribution in [2.75, 3.05) is 20.3 Å². The molecule has 0 spiro atoms. The molecule has 1 unspecified atom stereocenters. The SMILES string of the molecule is COCCCN1C(=O)C(=O)/C(=C(/O)c2cc(C)ccc2C)C1c1ccc(Cl)cc1. The van der Waals surface area contributed by atoms with Gasteiger partial charge in [0.25, 0.3) is 11.7 Å². The van der Waals surface area contributed by atoms with Crippen LogP contribution in [0.4, 0.5) is 0 Å². The number of hydrogen-bond donors (Lipinski definition) is 1. The summed E-state index contributed by atoms with van der Waals surface area (Å²) in [5, 5.41) is 11.7. The molecule has 1 N–H and O–H groups in total. The highest BCUT2D eigenvalue weighted by Gasteiger charge is 2.45. The van der Waals surface area contributed by atoms with Gasteiger partial charge in [-0.15, -0.1) is 0 Å². The number of methoxy groups -OCH3 is 1. The number of hydrogen-bond acceptors (Lipinski definition) is 4. The van der Waals surface area contributed by atoms with Crippen molar-refractivity contribution in [2.24, 2.45) is 0 Å². The molecule has 1 saturated heterocycles. The van der Waals surface area contributed by atoms with E-state index in [0.29, 0.717) is 30.2 Å². The van der Waals surface area contributed by atoms with Crippen LogP contribution in [0.5, 0.6) is 0 Å². The molecule has 0 radical (unpaired) electrons. The Labute approximate surface area is 175 Å². The molecular formula is C23H24ClNO4. The number of aliphatic hydroxyl groups is 1. The third kappa shape index (κ3) is 4.21. The molecule has 0 aromatic heterocycles. The first kappa shape index (κ1) is 21.1. The number of rotatable bonds is 6. The van der Waals surface area contributed by atoms with E-state index in [2.05, 4.69) is 0 Å². The summed E-state index contributed by atoms with van der Waals surface area (Å²) in [7, 11) is 1.59. The molecule has 29 heavy (non-hydrogen) atoms. The quantitative estimate of drug-likeness (QED) is 0.329. The van der Waals surface area contributed by atoms with E-state index in [1.165, 1.54) is 4.90 Å². The minimum absolute atomic E-state index is 0.100. The summed E-state index contributed by atoms with van der Waals surface area (Å²) in [5.74, 6) is -1.45. The van der Waals surface area contributed by atoms with Crippen molar-refractivity contribution >= 4 is 29.1 Å². The predicted molar refractivity (Wildman–Crippen MR) is 113 cm³/mol. The van der Waals surface area contributed by atoms with Crippen LogP contribution >= 0.6 is 11.6 Å². The van der Waals surface area contributed by atoms with Crippen molar-refractivity contribution in [2.45, 2.75) is 26.3 Å². The van der Waals surface area contributed by atoms with E-state index in [0.717, 1.165) is 16.7 Å². The molecule has 2 aromatic carbocycles. The molecule has 3 rings (SSSR count). The lowest BCUT2D eigenvalue weighted by atomic mass is 9.93. The Balaban J connectivity index is 2.16. The zero-order valence-electron chi connectivity index (χ0n) is 16.7. The van der Waals surface area contributed by atoms with E-state index >= 15 is 0 Å². The minimum atomic E-state index is -0.680. The van der Waals surface area contributed by atoms with E-state index in [1.54, 1.807) is 31.4 Å². The monoisotopic (exact) mass is 413 g/mol. The number of ether oxygens (including phenoxy) is 1. The molecule has 1 aliphatic heterocycles. The Bertz CT molecular complexity index is 965. The van der Waals surface area contributed by atoms with Gasteiger partial charge >= 0.3 is 0 Å². The Morgan fingerprint density at radius 2 is 1.83 bits per heavy atom. The fourth-order valence-corrected chi connectivity index (χ4v) is 3.74. The maximum Gasteiger partial charge on any atom is 0.295 e. The van der Waals surface area contributed by atoms with Crippen molar-refractivity contribution in [3.8, 4) is 0 Å². The van der Waals surface area contributed by atoms with Gasteiger partial charge in [-0.2, -0.15) is 0 Å². The zero-order chi connectivity index (χ0) is 21.1. The third-order valence-corrected chi connectivity index (χ3v) is 5.37. The van der Waals surface area contributed by atoms with Gasteiger partial charge in [-0.1, -0.05) is 41.4 Å². The number of likely N-dealkylation sites (tertiary alicyclic amines) is 1. The number of carbonyl (C=O) groups excluding carboxylic acids is 2. The van der Waals surface area contributed by atoms with Gasteiger partial charge in [-0.25, -0.2) is 0 Å². The first-order valence-corrected chi connectivity index (χ1v) is 9.83. The summed E-state index contributed by atoms with van der Waals surface area (Å²) < 4.78 is 5.09. The first-order valence-electron chi connectivity index (χ1n) is 9.45. The second-order valence-corrected chi connectivity index (χ2v) is 7.65. The number of carbonyl (C=O) groups is 2. The maximum absolute atomic E-state index is 12.9. The standard InChI is InChI=1S/C23H24ClNO4/c1-14-5-6-15(2)18(13-14)21(26)19-20(16-7-9-17(24)10-8-16)25(11-4-12-29-3)23(28)22(19)27/h5-10,13,20,26H,4,11-12H2,1-3H3/b21-19+. The van der Waals surface area contributed by atoms with E-state index in [-0.39, 0.29) is 11.3 Å². The van der Waals surface area contributed by atoms with Gasteiger partial charge in [0, 0.05) is 30.8 Å². The van der Waals surface area contributed by atoms with Crippen LogP contribution in [0, 0.1) is 13.8 Å². The van der Waals surface area contributed by atoms with Crippen molar-refractivity contribution < 1.29 is 19.4 Å². The Kier molecular flexibility index (Phi) is 6.40. The summed E-state index contributed by atoms with van der Waals surface area (Å²) in [6.45, 7) is 4.58. The average molecular weight is 414 g/mol. The van der Waals surface area contributed by atoms with Crippen molar-refractivity contribution in [3.63, 3.8) is 0 Å². The largest absolute Gasteiger partial charge is 0.507 e. The molecule has 6 heteroatoms. The second kappa shape index (κ2) is 8.80. The lowest BCUT2D eigenvalue weighted by molar-refractivity contribution is -0.140. The molecule has 5 nitrogen and oxygen atoms in total. The summed E-state index contributed by atoms with van der Waals surface area (Å²) in [6.07, 6.45) is 0.580. The van der Waals surface area contributed by atoms with Crippen molar-refractivity contribution in [1.82, 2.24) is 4.90 Å². The van der Waals surface area contributed by atoms with Crippen LogP contribution in [0.1, 0.15) is 34.7 Å². The molecule has 152 valence electrons. The average Bonchev–Trinajstić information content (AvgIpc) is 2.95. The second-order valence-electron chi connectivity index (χ2n) is 7.21. The van der Waals surface area contributed by atoms with Crippen LogP contribution in [-0.4, -0.2) is 42.0 Å². The number of aryl methyl sites for hydroxylation is 2. The molecule has 0 bridgehead atoms. The lowest BCUT2D eigenvalue weighted by Gasteiger charge is -2.25. The van der Waals surface area contributed by atoms with Crippen LogP contribution in [0.3, 0.4) is 0 Å². The number of benzene rings is 2. The third-order valence-electron chi connectivity index (χ3n) is 5.12. The number of ketones is 1. The number of Topliss-reactive ketones (excluding diaryl/α,β-unsaturated/α-hetero) is 1. The topological polar surface area (TPSA) is 66.8 Å². The van der Waals surface area contributed by atoms with E-state index in [1.807, 2.05) is 32.0 Å². The molecule has 1 aliphatic rings. The first-order chi connectivity index (χ1) is 13.8. The van der Waals surface area contributed by atoms with Gasteiger partial charge in [0.05, 0.1) is 11.6 Å². The van der Waals surface area contributed by atoms with Crippen LogP contribution in [-0.2, 0) is 14.3 Å². The molecule has 2 aromatic rings. The maximum atomic E-state index is 12.9. The van der Waals surface area contributed by atoms with Crippen molar-refractivity contribution in [1.29, 1.82) is 0 Å². The highest BCUT2D eigenvalue weighted by Crippen LogP contribution is 2.40. The summed E-state index contributed by atoms with van der Waals surface area (Å²) in [6, 6.07) is 11.9. The van der Waals surface area contributed by atoms with Gasteiger partial charge in [-0.3, -0.25) is 9.59 Å². The van der Waals surface area contributed by atoms with E-state index < -0.39 is 17.7 Å². The molecule has 0 saturated carbocycles. The molecular weight excluding hydrogens is 390 g/mol. The fourth-order valence-electron chi connectivity index (χ4n) is 3.62. The molecule has 1 atom stereocenters. The zero-order valence-corrected chi connectivity index (χ0v) is 17.5. The molecule has 1 amide bonds. The Morgan fingerprint density at radius 3 is 2.48 bits per heavy atom. The highest BCUT2D eigenvalue weighted by atomic mass is 35.5. The van der Waals surface area contributed by atoms with Gasteiger partial charge in [0.1, 0.15) is 5.76 Å². The highest BCUT2D eigenvalue weighted by molar-refractivity contribution is 6.46. The van der Waals surface area contributed by atoms with Gasteiger partial charge < -0.3 is 14.7 Å². The Morgan fingerprint density at radius 1 is 1.14 bits per heavy atom. The lowest BCUT2D eigenvalue weighted by Crippen LogP contribution is -2.31. The van der Waals surface area contributed by atoms with Crippen molar-refractivity contribution in [3.05, 3.63) is 75.3 Å². The Hall–Kier alpha value is -2.63. The van der Waals surface area contributed by atoms with Gasteiger partial charge in [-0.05, 0) is 49.6 Å². The predicted octanol–water partition coefficient (Wildman–Crippen LogP) is 4.42. The molecule has 1 heterocycles. The van der Waals surface area contributed by atoms with E-state index in [9.17, 15) is 14.7 Å². The molecule has 1 fully saturated rings. The number of halogens is 1. The van der Waals surface area contributed by atoms with Crippen LogP contribution in [0.2, 0.25) is 5.02 Å². The van der Waals surface area contributed by atoms with Crippen LogP contribution in [0.15, 0.2) is 48.0 Å². The summed E-state index contributed by atoms with van der Waals surface area (Å²) in [5.41, 5.74) is 3.16. The normalized spacial score (nSPS) is 18.5.